The third-order valence-electron chi connectivity index (χ3n) is 2.65. The Morgan fingerprint density at radius 3 is 2.81 bits per heavy atom. The molecule has 0 saturated carbocycles. The number of allylic oxidation sites excluding steroid dienone is 6. The van der Waals surface area contributed by atoms with Crippen molar-refractivity contribution in [2.45, 2.75) is 13.8 Å². The molecule has 1 aromatic rings. The van der Waals surface area contributed by atoms with Gasteiger partial charge in [-0.15, -0.1) is 0 Å². The van der Waals surface area contributed by atoms with Crippen molar-refractivity contribution < 1.29 is 4.39 Å². The maximum atomic E-state index is 13.0. The lowest BCUT2D eigenvalue weighted by molar-refractivity contribution is 0.551. The highest BCUT2D eigenvalue weighted by Crippen LogP contribution is 2.13. The molecule has 0 spiro atoms. The van der Waals surface area contributed by atoms with E-state index in [4.69, 9.17) is 0 Å². The monoisotopic (exact) mass is 283 g/mol. The number of alkyl halides is 1. The van der Waals surface area contributed by atoms with Crippen LogP contribution in [0.3, 0.4) is 0 Å². The fourth-order valence-corrected chi connectivity index (χ4v) is 1.57. The van der Waals surface area contributed by atoms with E-state index >= 15 is 0 Å². The van der Waals surface area contributed by atoms with Crippen LogP contribution < -0.4 is 0 Å². The van der Waals surface area contributed by atoms with E-state index < -0.39 is 6.67 Å². The summed E-state index contributed by atoms with van der Waals surface area (Å²) >= 11 is 0. The average Bonchev–Trinajstić information content (AvgIpc) is 2.86. The van der Waals surface area contributed by atoms with Crippen molar-refractivity contribution in [3.63, 3.8) is 0 Å². The molecule has 0 radical (unpaired) electrons. The fraction of sp³-hybridized carbons (Fsp3) is 0.176. The third-order valence-corrected chi connectivity index (χ3v) is 2.65. The van der Waals surface area contributed by atoms with Crippen LogP contribution >= 0.6 is 0 Å². The van der Waals surface area contributed by atoms with Gasteiger partial charge < -0.3 is 0 Å². The quantitative estimate of drug-likeness (QED) is 0.460. The molecule has 1 heterocycles. The van der Waals surface area contributed by atoms with E-state index in [2.05, 4.69) is 35.1 Å². The Morgan fingerprint density at radius 2 is 2.24 bits per heavy atom. The maximum Gasteiger partial charge on any atom is 0.131 e. The summed E-state index contributed by atoms with van der Waals surface area (Å²) in [5, 5.41) is 4.16. The third kappa shape index (κ3) is 4.43. The summed E-state index contributed by atoms with van der Waals surface area (Å²) in [5.74, 6) is 5.93. The first-order chi connectivity index (χ1) is 10.2. The lowest BCUT2D eigenvalue weighted by atomic mass is 10.2. The first-order valence-corrected chi connectivity index (χ1v) is 6.43. The van der Waals surface area contributed by atoms with E-state index in [0.717, 1.165) is 11.3 Å². The minimum atomic E-state index is -0.620. The number of halogens is 1. The molecule has 0 N–H and O–H groups in total. The molecule has 3 nitrogen and oxygen atoms in total. The molecule has 21 heavy (non-hydrogen) atoms. The highest BCUT2D eigenvalue weighted by molar-refractivity contribution is 5.72. The number of hydrogen-bond acceptors (Lipinski definition) is 2. The largest absolute Gasteiger partial charge is 0.248 e. The molecule has 0 atom stereocenters. The van der Waals surface area contributed by atoms with E-state index in [1.807, 2.05) is 13.8 Å². The first kappa shape index (κ1) is 16.4. The number of nitrogens with zero attached hydrogens (tertiary/aromatic N) is 3. The van der Waals surface area contributed by atoms with Crippen molar-refractivity contribution in [1.82, 2.24) is 9.78 Å². The van der Waals surface area contributed by atoms with E-state index in [-0.39, 0.29) is 0 Å². The summed E-state index contributed by atoms with van der Waals surface area (Å²) in [6.45, 7) is 10.2. The van der Waals surface area contributed by atoms with Crippen LogP contribution in [-0.4, -0.2) is 22.7 Å². The van der Waals surface area contributed by atoms with Gasteiger partial charge in [-0.2, -0.15) is 5.10 Å². The van der Waals surface area contributed by atoms with Crippen LogP contribution in [0, 0.1) is 18.8 Å². The molecule has 0 unspecified atom stereocenters. The molecular formula is C17H18FN3. The van der Waals surface area contributed by atoms with Crippen molar-refractivity contribution in [3.8, 4) is 11.8 Å². The van der Waals surface area contributed by atoms with Gasteiger partial charge >= 0.3 is 0 Å². The number of hydrogen-bond donors (Lipinski definition) is 0. The van der Waals surface area contributed by atoms with Gasteiger partial charge in [0.2, 0.25) is 0 Å². The van der Waals surface area contributed by atoms with Crippen LogP contribution in [0.4, 0.5) is 4.39 Å². The van der Waals surface area contributed by atoms with Crippen LogP contribution in [0.25, 0.3) is 5.70 Å². The fourth-order valence-electron chi connectivity index (χ4n) is 1.57. The Morgan fingerprint density at radius 1 is 1.48 bits per heavy atom. The summed E-state index contributed by atoms with van der Waals surface area (Å²) in [7, 11) is 0. The highest BCUT2D eigenvalue weighted by atomic mass is 19.1. The lowest BCUT2D eigenvalue weighted by Gasteiger charge is -2.04. The predicted molar refractivity (Wildman–Crippen MR) is 86.7 cm³/mol. The SMILES string of the molecule is C=CC=N/C(C#Cc1cnn(/C(=C/C=C)CF)c1C)=C\C. The average molecular weight is 283 g/mol. The second-order valence-corrected chi connectivity index (χ2v) is 4.02. The van der Waals surface area contributed by atoms with Crippen molar-refractivity contribution in [1.29, 1.82) is 0 Å². The van der Waals surface area contributed by atoms with Crippen molar-refractivity contribution in [2.75, 3.05) is 6.67 Å². The molecule has 0 aliphatic heterocycles. The van der Waals surface area contributed by atoms with Crippen LogP contribution in [0.15, 0.2) is 54.3 Å². The number of aromatic nitrogens is 2. The lowest BCUT2D eigenvalue weighted by Crippen LogP contribution is -2.03. The maximum absolute atomic E-state index is 13.0. The van der Waals surface area contributed by atoms with Crippen LogP contribution in [0.5, 0.6) is 0 Å². The van der Waals surface area contributed by atoms with Gasteiger partial charge in [-0.3, -0.25) is 0 Å². The van der Waals surface area contributed by atoms with E-state index in [0.29, 0.717) is 11.4 Å². The Balaban J connectivity index is 3.11. The van der Waals surface area contributed by atoms with Gasteiger partial charge in [-0.05, 0) is 25.8 Å². The zero-order chi connectivity index (χ0) is 15.7. The predicted octanol–water partition coefficient (Wildman–Crippen LogP) is 3.70. The van der Waals surface area contributed by atoms with Gasteiger partial charge in [-0.1, -0.05) is 37.3 Å². The Hall–Kier alpha value is -2.67. The molecule has 0 aliphatic rings. The molecule has 4 heteroatoms. The molecule has 0 saturated heterocycles. The van der Waals surface area contributed by atoms with E-state index in [1.165, 1.54) is 10.8 Å². The summed E-state index contributed by atoms with van der Waals surface area (Å²) in [4.78, 5) is 4.13. The highest BCUT2D eigenvalue weighted by Gasteiger charge is 2.07. The van der Waals surface area contributed by atoms with Gasteiger partial charge in [0, 0.05) is 6.21 Å². The first-order valence-electron chi connectivity index (χ1n) is 6.43. The summed E-state index contributed by atoms with van der Waals surface area (Å²) in [6.07, 6.45) is 9.69. The van der Waals surface area contributed by atoms with Gasteiger partial charge in [0.1, 0.15) is 12.4 Å². The summed E-state index contributed by atoms with van der Waals surface area (Å²) < 4.78 is 14.5. The van der Waals surface area contributed by atoms with Gasteiger partial charge in [0.15, 0.2) is 0 Å². The summed E-state index contributed by atoms with van der Waals surface area (Å²) in [6, 6.07) is 0. The Labute approximate surface area is 124 Å². The number of rotatable bonds is 5. The van der Waals surface area contributed by atoms with Crippen LogP contribution in [0.1, 0.15) is 18.2 Å². The molecule has 108 valence electrons. The Kier molecular flexibility index (Phi) is 6.62. The molecular weight excluding hydrogens is 265 g/mol. The minimum absolute atomic E-state index is 0.423. The van der Waals surface area contributed by atoms with E-state index in [1.54, 1.807) is 30.6 Å². The van der Waals surface area contributed by atoms with Gasteiger partial charge in [-0.25, -0.2) is 14.1 Å². The minimum Gasteiger partial charge on any atom is -0.248 e. The van der Waals surface area contributed by atoms with Crippen molar-refractivity contribution in [2.24, 2.45) is 4.99 Å². The zero-order valence-electron chi connectivity index (χ0n) is 12.3. The zero-order valence-corrected chi connectivity index (χ0v) is 12.3. The topological polar surface area (TPSA) is 30.2 Å². The van der Waals surface area contributed by atoms with Crippen molar-refractivity contribution in [3.05, 3.63) is 60.6 Å². The molecule has 1 aromatic heterocycles. The molecule has 0 aliphatic carbocycles. The number of aliphatic imine (C=N–C) groups is 1. The molecule has 0 fully saturated rings. The standard InChI is InChI=1S/C17H18FN3/c1-5-8-17(12-18)21-14(4)15(13-20-21)9-10-16(7-3)19-11-6-2/h5-8,11,13H,1-2,12H2,3-4H3/b16-7-,17-8+,19-11?. The van der Waals surface area contributed by atoms with Gasteiger partial charge in [0.05, 0.1) is 23.2 Å². The van der Waals surface area contributed by atoms with E-state index in [9.17, 15) is 4.39 Å². The second-order valence-electron chi connectivity index (χ2n) is 4.02. The van der Waals surface area contributed by atoms with Crippen LogP contribution in [-0.2, 0) is 0 Å². The second kappa shape index (κ2) is 8.49. The molecule has 0 amide bonds. The molecule has 1 rings (SSSR count). The van der Waals surface area contributed by atoms with Gasteiger partial charge in [0.25, 0.3) is 0 Å². The van der Waals surface area contributed by atoms with Crippen LogP contribution in [0.2, 0.25) is 0 Å². The Bertz CT molecular complexity index is 664. The summed E-state index contributed by atoms with van der Waals surface area (Å²) in [5.41, 5.74) is 2.56. The smallest absolute Gasteiger partial charge is 0.131 e. The molecule has 0 aromatic carbocycles. The normalized spacial score (nSPS) is 12.1. The van der Waals surface area contributed by atoms with Crippen molar-refractivity contribution >= 4 is 11.9 Å². The molecule has 0 bridgehead atoms.